The zero-order chi connectivity index (χ0) is 36.3. The number of para-hydroxylation sites is 1. The van der Waals surface area contributed by atoms with Crippen molar-refractivity contribution in [2.24, 2.45) is 0 Å². The number of fused-ring (bicyclic) bond motifs is 8. The third-order valence-electron chi connectivity index (χ3n) is 10.9. The fraction of sp³-hybridized carbons (Fsp3) is 0. The summed E-state index contributed by atoms with van der Waals surface area (Å²) in [4.78, 5) is 2.41. The maximum Gasteiger partial charge on any atom is 0.159 e. The molecule has 0 aliphatic heterocycles. The van der Waals surface area contributed by atoms with Gasteiger partial charge in [-0.25, -0.2) is 0 Å². The van der Waals surface area contributed by atoms with Gasteiger partial charge in [0.1, 0.15) is 5.58 Å². The van der Waals surface area contributed by atoms with Crippen molar-refractivity contribution in [1.29, 1.82) is 0 Å². The zero-order valence-electron chi connectivity index (χ0n) is 29.8. The predicted octanol–water partition coefficient (Wildman–Crippen LogP) is 15.6. The molecule has 0 aliphatic rings. The van der Waals surface area contributed by atoms with Crippen molar-refractivity contribution in [3.05, 3.63) is 200 Å². The van der Waals surface area contributed by atoms with E-state index in [9.17, 15) is 0 Å². The molecule has 0 spiro atoms. The minimum absolute atomic E-state index is 0.856. The Bertz CT molecular complexity index is 3200. The van der Waals surface area contributed by atoms with Crippen molar-refractivity contribution in [3.63, 3.8) is 0 Å². The fourth-order valence-corrected chi connectivity index (χ4v) is 9.42. The van der Waals surface area contributed by atoms with E-state index in [-0.39, 0.29) is 0 Å². The largest absolute Gasteiger partial charge is 0.454 e. The van der Waals surface area contributed by atoms with E-state index in [1.165, 1.54) is 53.2 Å². The highest BCUT2D eigenvalue weighted by molar-refractivity contribution is 7.25. The van der Waals surface area contributed by atoms with Crippen LogP contribution in [0.4, 0.5) is 17.1 Å². The van der Waals surface area contributed by atoms with Gasteiger partial charge in [-0.05, 0) is 87.1 Å². The Labute approximate surface area is 322 Å². The summed E-state index contributed by atoms with van der Waals surface area (Å²) in [5.74, 6) is 0. The van der Waals surface area contributed by atoms with Crippen molar-refractivity contribution in [3.8, 4) is 33.4 Å². The van der Waals surface area contributed by atoms with E-state index in [0.717, 1.165) is 50.1 Å². The summed E-state index contributed by atoms with van der Waals surface area (Å²) >= 11 is 1.84. The smallest absolute Gasteiger partial charge is 0.159 e. The lowest BCUT2D eigenvalue weighted by Gasteiger charge is -2.28. The SMILES string of the molecule is c1ccc(-c2ccc(N(c3ccc4sc5ccccc5c4c3)c3cccc4c3oc3cc(-c5ccccc5)c5ccccc5c34)c(-c3ccccc3)c2)cc1. The normalized spacial score (nSPS) is 11.6. The average Bonchev–Trinajstić information content (AvgIpc) is 3.83. The first-order chi connectivity index (χ1) is 27.3. The molecule has 0 aliphatic carbocycles. The first kappa shape index (κ1) is 31.6. The van der Waals surface area contributed by atoms with Crippen LogP contribution in [-0.2, 0) is 0 Å². The van der Waals surface area contributed by atoms with Crippen LogP contribution >= 0.6 is 11.3 Å². The summed E-state index contributed by atoms with van der Waals surface area (Å²) < 4.78 is 9.68. The Morgan fingerprint density at radius 2 is 0.982 bits per heavy atom. The van der Waals surface area contributed by atoms with Crippen LogP contribution < -0.4 is 4.90 Å². The van der Waals surface area contributed by atoms with Gasteiger partial charge in [-0.15, -0.1) is 11.3 Å². The van der Waals surface area contributed by atoms with Gasteiger partial charge in [-0.2, -0.15) is 0 Å². The molecular formula is C52H33NOS. The van der Waals surface area contributed by atoms with Crippen LogP contribution in [-0.4, -0.2) is 0 Å². The Balaban J connectivity index is 1.22. The van der Waals surface area contributed by atoms with Gasteiger partial charge in [0.25, 0.3) is 0 Å². The lowest BCUT2D eigenvalue weighted by molar-refractivity contribution is 0.669. The number of furan rings is 1. The molecule has 11 aromatic rings. The van der Waals surface area contributed by atoms with Crippen LogP contribution in [0.2, 0.25) is 0 Å². The molecule has 0 unspecified atom stereocenters. The minimum atomic E-state index is 0.856. The topological polar surface area (TPSA) is 16.4 Å². The minimum Gasteiger partial charge on any atom is -0.454 e. The molecule has 0 amide bonds. The molecule has 0 atom stereocenters. The number of anilines is 3. The van der Waals surface area contributed by atoms with Crippen LogP contribution in [0.3, 0.4) is 0 Å². The van der Waals surface area contributed by atoms with Crippen molar-refractivity contribution in [2.75, 3.05) is 4.90 Å². The van der Waals surface area contributed by atoms with E-state index in [4.69, 9.17) is 4.42 Å². The number of nitrogens with zero attached hydrogens (tertiary/aromatic N) is 1. The molecule has 2 nitrogen and oxygen atoms in total. The molecule has 2 aromatic heterocycles. The van der Waals surface area contributed by atoms with E-state index in [0.29, 0.717) is 0 Å². The van der Waals surface area contributed by atoms with Gasteiger partial charge in [-0.3, -0.25) is 0 Å². The molecule has 0 bridgehead atoms. The van der Waals surface area contributed by atoms with Crippen LogP contribution in [0.5, 0.6) is 0 Å². The van der Waals surface area contributed by atoms with E-state index < -0.39 is 0 Å². The lowest BCUT2D eigenvalue weighted by Crippen LogP contribution is -2.11. The van der Waals surface area contributed by atoms with Gasteiger partial charge >= 0.3 is 0 Å². The summed E-state index contributed by atoms with van der Waals surface area (Å²) in [6.07, 6.45) is 0. The van der Waals surface area contributed by atoms with Gasteiger partial charge < -0.3 is 9.32 Å². The average molecular weight is 720 g/mol. The third-order valence-corrected chi connectivity index (χ3v) is 12.0. The van der Waals surface area contributed by atoms with Crippen molar-refractivity contribution < 1.29 is 4.42 Å². The number of hydrogen-bond acceptors (Lipinski definition) is 3. The second kappa shape index (κ2) is 12.9. The molecule has 55 heavy (non-hydrogen) atoms. The van der Waals surface area contributed by atoms with E-state index in [1.54, 1.807) is 0 Å². The number of thiophene rings is 1. The second-order valence-electron chi connectivity index (χ2n) is 14.0. The fourth-order valence-electron chi connectivity index (χ4n) is 8.33. The Hall–Kier alpha value is -6.94. The number of benzene rings is 9. The molecule has 9 aromatic carbocycles. The summed E-state index contributed by atoms with van der Waals surface area (Å²) in [6, 6.07) is 72.1. The first-order valence-corrected chi connectivity index (χ1v) is 19.5. The van der Waals surface area contributed by atoms with Gasteiger partial charge in [0.2, 0.25) is 0 Å². The summed E-state index contributed by atoms with van der Waals surface area (Å²) in [6.45, 7) is 0. The highest BCUT2D eigenvalue weighted by Crippen LogP contribution is 2.49. The van der Waals surface area contributed by atoms with Crippen LogP contribution in [0, 0.1) is 0 Å². The van der Waals surface area contributed by atoms with E-state index in [1.807, 2.05) is 11.3 Å². The molecule has 0 fully saturated rings. The van der Waals surface area contributed by atoms with Crippen LogP contribution in [0.25, 0.3) is 86.3 Å². The van der Waals surface area contributed by atoms with Gasteiger partial charge in [0, 0.05) is 42.2 Å². The molecule has 0 radical (unpaired) electrons. The molecule has 0 N–H and O–H groups in total. The standard InChI is InChI=1S/C52H33NOS/c1-4-15-34(16-5-1)37-27-29-46(44(31-37)36-19-8-3-9-20-36)53(38-28-30-50-45(32-38)40-22-12-13-26-49(40)55-50)47-25-14-24-42-51-41-23-11-10-21-39(41)43(33-48(51)54-52(42)47)35-17-6-2-7-18-35/h1-33H. The molecule has 0 saturated carbocycles. The van der Waals surface area contributed by atoms with Crippen LogP contribution in [0.1, 0.15) is 0 Å². The summed E-state index contributed by atoms with van der Waals surface area (Å²) in [5.41, 5.74) is 11.9. The van der Waals surface area contributed by atoms with Crippen molar-refractivity contribution >= 4 is 81.3 Å². The summed E-state index contributed by atoms with van der Waals surface area (Å²) in [5, 5.41) is 7.15. The van der Waals surface area contributed by atoms with Gasteiger partial charge in [0.05, 0.1) is 11.4 Å². The molecule has 11 rings (SSSR count). The lowest BCUT2D eigenvalue weighted by atomic mass is 9.94. The Morgan fingerprint density at radius 3 is 1.75 bits per heavy atom. The molecule has 2 heterocycles. The number of hydrogen-bond donors (Lipinski definition) is 0. The highest BCUT2D eigenvalue weighted by atomic mass is 32.1. The van der Waals surface area contributed by atoms with Crippen LogP contribution in [0.15, 0.2) is 205 Å². The Kier molecular flexibility index (Phi) is 7.39. The first-order valence-electron chi connectivity index (χ1n) is 18.7. The molecule has 258 valence electrons. The highest BCUT2D eigenvalue weighted by Gasteiger charge is 2.24. The third kappa shape index (κ3) is 5.24. The predicted molar refractivity (Wildman–Crippen MR) is 235 cm³/mol. The van der Waals surface area contributed by atoms with Gasteiger partial charge in [-0.1, -0.05) is 152 Å². The summed E-state index contributed by atoms with van der Waals surface area (Å²) in [7, 11) is 0. The second-order valence-corrected chi connectivity index (χ2v) is 15.1. The van der Waals surface area contributed by atoms with E-state index in [2.05, 4.69) is 205 Å². The molecule has 3 heteroatoms. The zero-order valence-corrected chi connectivity index (χ0v) is 30.6. The quantitative estimate of drug-likeness (QED) is 0.170. The number of rotatable bonds is 6. The van der Waals surface area contributed by atoms with E-state index >= 15 is 0 Å². The van der Waals surface area contributed by atoms with Crippen molar-refractivity contribution in [2.45, 2.75) is 0 Å². The Morgan fingerprint density at radius 1 is 0.364 bits per heavy atom. The molecule has 0 saturated heterocycles. The monoisotopic (exact) mass is 719 g/mol. The van der Waals surface area contributed by atoms with Gasteiger partial charge in [0.15, 0.2) is 5.58 Å². The maximum absolute atomic E-state index is 7.12. The maximum atomic E-state index is 7.12. The molecular weight excluding hydrogens is 687 g/mol. The van der Waals surface area contributed by atoms with Crippen molar-refractivity contribution in [1.82, 2.24) is 0 Å².